The summed E-state index contributed by atoms with van der Waals surface area (Å²) in [6.45, 7) is 8.13. The first-order valence-electron chi connectivity index (χ1n) is 8.99. The number of hydrogen-bond acceptors (Lipinski definition) is 6. The molecule has 0 radical (unpaired) electrons. The van der Waals surface area contributed by atoms with E-state index in [9.17, 15) is 0 Å². The van der Waals surface area contributed by atoms with Crippen LogP contribution in [0.2, 0.25) is 0 Å². The van der Waals surface area contributed by atoms with Gasteiger partial charge in [-0.05, 0) is 38.1 Å². The van der Waals surface area contributed by atoms with Crippen LogP contribution >= 0.6 is 0 Å². The molecule has 1 aliphatic heterocycles. The molecule has 6 nitrogen and oxygen atoms in total. The van der Waals surface area contributed by atoms with Crippen LogP contribution in [0.5, 0.6) is 5.75 Å². The monoisotopic (exact) mass is 337 g/mol. The van der Waals surface area contributed by atoms with Crippen LogP contribution in [-0.2, 0) is 9.47 Å². The van der Waals surface area contributed by atoms with E-state index in [0.717, 1.165) is 76.8 Å². The normalized spacial score (nSPS) is 20.2. The van der Waals surface area contributed by atoms with Crippen molar-refractivity contribution in [3.63, 3.8) is 0 Å². The molecule has 1 aliphatic rings. The predicted molar refractivity (Wildman–Crippen MR) is 97.0 cm³/mol. The maximum Gasteiger partial charge on any atom is 0.142 e. The lowest BCUT2D eigenvalue weighted by atomic mass is 10.3. The zero-order chi connectivity index (χ0) is 16.7. The second kappa shape index (κ2) is 13.0. The molecule has 136 valence electrons. The lowest BCUT2D eigenvalue weighted by Gasteiger charge is -2.14. The van der Waals surface area contributed by atoms with Crippen molar-refractivity contribution in [1.29, 1.82) is 0 Å². The van der Waals surface area contributed by atoms with Gasteiger partial charge in [0, 0.05) is 26.2 Å². The Morgan fingerprint density at radius 2 is 1.33 bits per heavy atom. The molecule has 3 N–H and O–H groups in total. The molecule has 0 atom stereocenters. The highest BCUT2D eigenvalue weighted by atomic mass is 16.5. The van der Waals surface area contributed by atoms with E-state index in [-0.39, 0.29) is 0 Å². The van der Waals surface area contributed by atoms with E-state index in [1.165, 1.54) is 0 Å². The van der Waals surface area contributed by atoms with Gasteiger partial charge in [0.15, 0.2) is 0 Å². The first kappa shape index (κ1) is 19.0. The highest BCUT2D eigenvalue weighted by Crippen LogP contribution is 2.23. The molecule has 1 aromatic carbocycles. The van der Waals surface area contributed by atoms with Crippen LogP contribution < -0.4 is 20.7 Å². The highest BCUT2D eigenvalue weighted by Gasteiger charge is 2.02. The molecule has 0 amide bonds. The number of hydrogen-bond donors (Lipinski definition) is 3. The van der Waals surface area contributed by atoms with Crippen LogP contribution in [-0.4, -0.2) is 65.8 Å². The maximum absolute atomic E-state index is 5.89. The van der Waals surface area contributed by atoms with E-state index < -0.39 is 0 Å². The molecule has 0 fully saturated rings. The molecule has 6 heteroatoms. The summed E-state index contributed by atoms with van der Waals surface area (Å²) in [5.74, 6) is 0.902. The number of para-hydroxylation sites is 2. The van der Waals surface area contributed by atoms with Crippen LogP contribution in [0.3, 0.4) is 0 Å². The second-order valence-electron chi connectivity index (χ2n) is 5.70. The van der Waals surface area contributed by atoms with E-state index in [0.29, 0.717) is 13.2 Å². The number of fused-ring (bicyclic) bond motifs is 1. The van der Waals surface area contributed by atoms with Crippen LogP contribution in [0, 0.1) is 0 Å². The summed E-state index contributed by atoms with van der Waals surface area (Å²) in [4.78, 5) is 0. The summed E-state index contributed by atoms with van der Waals surface area (Å²) in [7, 11) is 0. The zero-order valence-electron chi connectivity index (χ0n) is 14.5. The zero-order valence-corrected chi connectivity index (χ0v) is 14.5. The molecular formula is C18H31N3O3. The molecular weight excluding hydrogens is 306 g/mol. The van der Waals surface area contributed by atoms with Gasteiger partial charge in [0.25, 0.3) is 0 Å². The van der Waals surface area contributed by atoms with Gasteiger partial charge in [-0.15, -0.1) is 0 Å². The number of rotatable bonds is 0. The number of ether oxygens (including phenoxy) is 3. The summed E-state index contributed by atoms with van der Waals surface area (Å²) in [6.07, 6.45) is 1.99. The van der Waals surface area contributed by atoms with Gasteiger partial charge >= 0.3 is 0 Å². The Balaban J connectivity index is 1.75. The minimum Gasteiger partial charge on any atom is -0.491 e. The van der Waals surface area contributed by atoms with Gasteiger partial charge in [0.1, 0.15) is 5.75 Å². The topological polar surface area (TPSA) is 63.8 Å². The Labute approximate surface area is 145 Å². The summed E-state index contributed by atoms with van der Waals surface area (Å²) in [5.41, 5.74) is 1.03. The highest BCUT2D eigenvalue weighted by molar-refractivity contribution is 5.56. The Bertz CT molecular complexity index is 393. The lowest BCUT2D eigenvalue weighted by Crippen LogP contribution is -2.26. The maximum atomic E-state index is 5.89. The molecule has 1 heterocycles. The third kappa shape index (κ3) is 8.49. The van der Waals surface area contributed by atoms with Crippen molar-refractivity contribution < 1.29 is 14.2 Å². The molecule has 0 saturated carbocycles. The Morgan fingerprint density at radius 3 is 2.17 bits per heavy atom. The van der Waals surface area contributed by atoms with Crippen LogP contribution in [0.15, 0.2) is 24.3 Å². The first-order chi connectivity index (χ1) is 12.0. The van der Waals surface area contributed by atoms with E-state index in [1.54, 1.807) is 0 Å². The van der Waals surface area contributed by atoms with Crippen LogP contribution in [0.4, 0.5) is 5.69 Å². The molecule has 0 aliphatic carbocycles. The summed E-state index contributed by atoms with van der Waals surface area (Å²) in [5, 5.41) is 10.1. The summed E-state index contributed by atoms with van der Waals surface area (Å²) < 4.78 is 17.1. The van der Waals surface area contributed by atoms with E-state index >= 15 is 0 Å². The van der Waals surface area contributed by atoms with Crippen molar-refractivity contribution >= 4 is 5.69 Å². The number of benzene rings is 1. The van der Waals surface area contributed by atoms with Crippen molar-refractivity contribution in [1.82, 2.24) is 10.6 Å². The van der Waals surface area contributed by atoms with E-state index in [4.69, 9.17) is 14.2 Å². The summed E-state index contributed by atoms with van der Waals surface area (Å²) >= 11 is 0. The fraction of sp³-hybridized carbons (Fsp3) is 0.667. The molecule has 0 unspecified atom stereocenters. The van der Waals surface area contributed by atoms with Gasteiger partial charge in [-0.25, -0.2) is 0 Å². The number of nitrogens with one attached hydrogen (secondary N) is 3. The minimum absolute atomic E-state index is 0.696. The minimum atomic E-state index is 0.696. The molecule has 0 saturated heterocycles. The van der Waals surface area contributed by atoms with E-state index in [1.807, 2.05) is 24.3 Å². The van der Waals surface area contributed by atoms with Crippen molar-refractivity contribution in [3.8, 4) is 5.75 Å². The molecule has 0 spiro atoms. The quantitative estimate of drug-likeness (QED) is 0.667. The van der Waals surface area contributed by atoms with Gasteiger partial charge < -0.3 is 30.2 Å². The Morgan fingerprint density at radius 1 is 0.667 bits per heavy atom. The van der Waals surface area contributed by atoms with E-state index in [2.05, 4.69) is 16.0 Å². The molecule has 1 aromatic rings. The van der Waals surface area contributed by atoms with Gasteiger partial charge in [0.2, 0.25) is 0 Å². The number of anilines is 1. The van der Waals surface area contributed by atoms with Crippen LogP contribution in [0.1, 0.15) is 12.8 Å². The fourth-order valence-corrected chi connectivity index (χ4v) is 2.42. The third-order valence-corrected chi connectivity index (χ3v) is 3.69. The average Bonchev–Trinajstić information content (AvgIpc) is 2.61. The standard InChI is InChI=1S/C18H31N3O3/c1-2-6-18-17(5-1)21-11-16-22-12-3-7-19-9-14-23-15-10-20-8-4-13-24-18/h1-2,5-6,19-21H,3-4,7-16H2. The van der Waals surface area contributed by atoms with Crippen molar-refractivity contribution in [2.45, 2.75) is 12.8 Å². The lowest BCUT2D eigenvalue weighted by molar-refractivity contribution is 0.130. The van der Waals surface area contributed by atoms with Crippen LogP contribution in [0.25, 0.3) is 0 Å². The van der Waals surface area contributed by atoms with Crippen molar-refractivity contribution in [3.05, 3.63) is 24.3 Å². The molecule has 24 heavy (non-hydrogen) atoms. The molecule has 2 rings (SSSR count). The van der Waals surface area contributed by atoms with Crippen molar-refractivity contribution in [2.75, 3.05) is 71.1 Å². The largest absolute Gasteiger partial charge is 0.491 e. The Kier molecular flexibility index (Phi) is 10.3. The summed E-state index contributed by atoms with van der Waals surface area (Å²) in [6, 6.07) is 8.06. The van der Waals surface area contributed by atoms with Crippen molar-refractivity contribution in [2.24, 2.45) is 0 Å². The van der Waals surface area contributed by atoms with Gasteiger partial charge in [-0.3, -0.25) is 0 Å². The predicted octanol–water partition coefficient (Wildman–Crippen LogP) is 1.48. The van der Waals surface area contributed by atoms with Gasteiger partial charge in [0.05, 0.1) is 32.1 Å². The molecule has 0 aromatic heterocycles. The average molecular weight is 337 g/mol. The second-order valence-corrected chi connectivity index (χ2v) is 5.70. The van der Waals surface area contributed by atoms with Gasteiger partial charge in [-0.2, -0.15) is 0 Å². The SMILES string of the molecule is c1ccc2c(c1)NCCOCCCNCCOCCNCCCO2. The fourth-order valence-electron chi connectivity index (χ4n) is 2.42. The van der Waals surface area contributed by atoms with Gasteiger partial charge in [-0.1, -0.05) is 12.1 Å². The Hall–Kier alpha value is -1.34. The third-order valence-electron chi connectivity index (χ3n) is 3.69. The first-order valence-corrected chi connectivity index (χ1v) is 8.99. The molecule has 0 bridgehead atoms. The smallest absolute Gasteiger partial charge is 0.142 e.